The average Bonchev–Trinajstić information content (AvgIpc) is 2.62. The summed E-state index contributed by atoms with van der Waals surface area (Å²) in [6, 6.07) is 0. The van der Waals surface area contributed by atoms with Gasteiger partial charge < -0.3 is 4.74 Å². The van der Waals surface area contributed by atoms with Crippen LogP contribution in [0.1, 0.15) is 71.1 Å². The maximum absolute atomic E-state index is 11.2. The third-order valence-electron chi connectivity index (χ3n) is 3.57. The highest BCUT2D eigenvalue weighted by molar-refractivity contribution is 5.69. The van der Waals surface area contributed by atoms with E-state index in [1.807, 2.05) is 0 Å². The van der Waals surface area contributed by atoms with Crippen molar-refractivity contribution in [3.63, 3.8) is 0 Å². The number of rotatable bonds is 16. The Kier molecular flexibility index (Phi) is 18.7. The maximum Gasteiger partial charge on any atom is 0.306 e. The molecule has 2 nitrogen and oxygen atoms in total. The highest BCUT2D eigenvalue weighted by Crippen LogP contribution is 2.02. The zero-order valence-corrected chi connectivity index (χ0v) is 16.0. The van der Waals surface area contributed by atoms with Gasteiger partial charge in [0.05, 0.1) is 0 Å². The Morgan fingerprint density at radius 1 is 0.800 bits per heavy atom. The van der Waals surface area contributed by atoms with Crippen LogP contribution in [0.2, 0.25) is 0 Å². The minimum atomic E-state index is -0.143. The van der Waals surface area contributed by atoms with Crippen LogP contribution in [0.15, 0.2) is 61.3 Å². The van der Waals surface area contributed by atoms with Crippen LogP contribution in [-0.2, 0) is 9.53 Å². The van der Waals surface area contributed by atoms with Crippen molar-refractivity contribution in [2.24, 2.45) is 0 Å². The molecule has 0 atom stereocenters. The van der Waals surface area contributed by atoms with E-state index < -0.39 is 0 Å². The average molecular weight is 345 g/mol. The molecule has 0 fully saturated rings. The summed E-state index contributed by atoms with van der Waals surface area (Å²) in [7, 11) is 0. The topological polar surface area (TPSA) is 26.3 Å². The van der Waals surface area contributed by atoms with Crippen LogP contribution in [0.4, 0.5) is 0 Å². The van der Waals surface area contributed by atoms with Crippen LogP contribution in [0.5, 0.6) is 0 Å². The maximum atomic E-state index is 11.2. The van der Waals surface area contributed by atoms with Crippen molar-refractivity contribution in [2.75, 3.05) is 6.61 Å². The monoisotopic (exact) mass is 344 g/mol. The molecular formula is C23H36O2. The molecule has 0 saturated carbocycles. The Bertz CT molecular complexity index is 427. The molecule has 0 unspecified atom stereocenters. The molecule has 0 aliphatic rings. The molecule has 0 rings (SSSR count). The first kappa shape index (κ1) is 23.2. The first-order chi connectivity index (χ1) is 12.3. The fourth-order valence-corrected chi connectivity index (χ4v) is 2.15. The molecule has 0 saturated heterocycles. The summed E-state index contributed by atoms with van der Waals surface area (Å²) in [5.74, 6) is -0.143. The van der Waals surface area contributed by atoms with Gasteiger partial charge in [0.2, 0.25) is 0 Å². The lowest BCUT2D eigenvalue weighted by Gasteiger charge is -1.99. The SMILES string of the molecule is C=CCOC(=O)CCCC=CCC=CCC=CCC=CCCCCC. The summed E-state index contributed by atoms with van der Waals surface area (Å²) < 4.78 is 4.92. The van der Waals surface area contributed by atoms with Crippen LogP contribution >= 0.6 is 0 Å². The van der Waals surface area contributed by atoms with E-state index in [9.17, 15) is 4.79 Å². The second kappa shape index (κ2) is 20.2. The van der Waals surface area contributed by atoms with E-state index in [-0.39, 0.29) is 5.97 Å². The molecule has 0 spiro atoms. The molecule has 0 N–H and O–H groups in total. The van der Waals surface area contributed by atoms with Crippen molar-refractivity contribution >= 4 is 5.97 Å². The smallest absolute Gasteiger partial charge is 0.306 e. The summed E-state index contributed by atoms with van der Waals surface area (Å²) >= 11 is 0. The van der Waals surface area contributed by atoms with Crippen LogP contribution in [0.3, 0.4) is 0 Å². The van der Waals surface area contributed by atoms with E-state index in [0.29, 0.717) is 13.0 Å². The first-order valence-corrected chi connectivity index (χ1v) is 9.67. The van der Waals surface area contributed by atoms with E-state index >= 15 is 0 Å². The Labute approximate surface area is 155 Å². The van der Waals surface area contributed by atoms with E-state index in [1.54, 1.807) is 6.08 Å². The Hall–Kier alpha value is -1.83. The summed E-state index contributed by atoms with van der Waals surface area (Å²) in [5, 5.41) is 0. The molecule has 0 aromatic heterocycles. The van der Waals surface area contributed by atoms with Gasteiger partial charge in [-0.15, -0.1) is 0 Å². The second-order valence-electron chi connectivity index (χ2n) is 5.95. The lowest BCUT2D eigenvalue weighted by molar-refractivity contribution is -0.142. The van der Waals surface area contributed by atoms with Crippen molar-refractivity contribution in [2.45, 2.75) is 71.1 Å². The zero-order valence-electron chi connectivity index (χ0n) is 16.0. The van der Waals surface area contributed by atoms with Crippen molar-refractivity contribution in [1.29, 1.82) is 0 Å². The lowest BCUT2D eigenvalue weighted by Crippen LogP contribution is -2.03. The van der Waals surface area contributed by atoms with Gasteiger partial charge in [0.15, 0.2) is 0 Å². The molecule has 0 aliphatic heterocycles. The highest BCUT2D eigenvalue weighted by atomic mass is 16.5. The highest BCUT2D eigenvalue weighted by Gasteiger charge is 1.99. The molecular weight excluding hydrogens is 308 g/mol. The van der Waals surface area contributed by atoms with Crippen LogP contribution in [0, 0.1) is 0 Å². The molecule has 0 heterocycles. The molecule has 0 aromatic carbocycles. The third-order valence-corrected chi connectivity index (χ3v) is 3.57. The predicted molar refractivity (Wildman–Crippen MR) is 110 cm³/mol. The number of esters is 1. The molecule has 140 valence electrons. The van der Waals surface area contributed by atoms with Gasteiger partial charge in [-0.05, 0) is 44.9 Å². The third kappa shape index (κ3) is 20.1. The van der Waals surface area contributed by atoms with E-state index in [1.165, 1.54) is 25.7 Å². The molecule has 0 radical (unpaired) electrons. The van der Waals surface area contributed by atoms with Crippen molar-refractivity contribution in [3.05, 3.63) is 61.3 Å². The molecule has 0 aliphatic carbocycles. The number of carbonyl (C=O) groups excluding carboxylic acids is 1. The van der Waals surface area contributed by atoms with Crippen molar-refractivity contribution < 1.29 is 9.53 Å². The minimum absolute atomic E-state index is 0.143. The summed E-state index contributed by atoms with van der Waals surface area (Å²) in [4.78, 5) is 11.2. The fourth-order valence-electron chi connectivity index (χ4n) is 2.15. The largest absolute Gasteiger partial charge is 0.461 e. The Morgan fingerprint density at radius 3 is 1.84 bits per heavy atom. The van der Waals surface area contributed by atoms with Gasteiger partial charge in [-0.1, -0.05) is 81.0 Å². The number of hydrogen-bond donors (Lipinski definition) is 0. The van der Waals surface area contributed by atoms with Gasteiger partial charge >= 0.3 is 5.97 Å². The summed E-state index contributed by atoms with van der Waals surface area (Å²) in [6.45, 7) is 6.06. The van der Waals surface area contributed by atoms with Gasteiger partial charge in [0.1, 0.15) is 6.61 Å². The number of ether oxygens (including phenoxy) is 1. The van der Waals surface area contributed by atoms with Crippen LogP contribution in [0.25, 0.3) is 0 Å². The van der Waals surface area contributed by atoms with Gasteiger partial charge in [0, 0.05) is 6.42 Å². The van der Waals surface area contributed by atoms with Crippen LogP contribution < -0.4 is 0 Å². The van der Waals surface area contributed by atoms with Crippen molar-refractivity contribution in [1.82, 2.24) is 0 Å². The number of hydrogen-bond acceptors (Lipinski definition) is 2. The minimum Gasteiger partial charge on any atom is -0.461 e. The Balaban J connectivity index is 3.46. The first-order valence-electron chi connectivity index (χ1n) is 9.67. The fraction of sp³-hybridized carbons (Fsp3) is 0.522. The van der Waals surface area contributed by atoms with Gasteiger partial charge in [-0.2, -0.15) is 0 Å². The van der Waals surface area contributed by atoms with Gasteiger partial charge in [0.25, 0.3) is 0 Å². The summed E-state index contributed by atoms with van der Waals surface area (Å²) in [6.07, 6.45) is 29.6. The van der Waals surface area contributed by atoms with Crippen molar-refractivity contribution in [3.8, 4) is 0 Å². The second-order valence-corrected chi connectivity index (χ2v) is 5.95. The standard InChI is InChI=1S/C23H36O2/c1-3-5-6-7-8-9-10-11-12-13-14-15-16-17-18-19-20-21-23(24)25-22-4-2/h4,8-9,11-12,14-15,17-18H,2-3,5-7,10,13,16,19-22H2,1H3. The number of unbranched alkanes of at least 4 members (excludes halogenated alkanes) is 4. The van der Waals surface area contributed by atoms with E-state index in [2.05, 4.69) is 62.1 Å². The zero-order chi connectivity index (χ0) is 18.4. The van der Waals surface area contributed by atoms with Gasteiger partial charge in [-0.3, -0.25) is 4.79 Å². The number of allylic oxidation sites excluding steroid dienone is 8. The normalized spacial score (nSPS) is 12.0. The Morgan fingerprint density at radius 2 is 1.32 bits per heavy atom. The van der Waals surface area contributed by atoms with Crippen LogP contribution in [-0.4, -0.2) is 12.6 Å². The quantitative estimate of drug-likeness (QED) is 0.174. The summed E-state index contributed by atoms with van der Waals surface area (Å²) in [5.41, 5.74) is 0. The molecule has 25 heavy (non-hydrogen) atoms. The van der Waals surface area contributed by atoms with E-state index in [0.717, 1.165) is 32.1 Å². The van der Waals surface area contributed by atoms with Gasteiger partial charge in [-0.25, -0.2) is 0 Å². The molecule has 0 bridgehead atoms. The molecule has 2 heteroatoms. The van der Waals surface area contributed by atoms with E-state index in [4.69, 9.17) is 4.74 Å². The lowest BCUT2D eigenvalue weighted by atomic mass is 10.2. The predicted octanol–water partition coefficient (Wildman–Crippen LogP) is 6.86. The number of carbonyl (C=O) groups is 1. The molecule has 0 aromatic rings. The molecule has 0 amide bonds.